The molecule has 0 aliphatic carbocycles. The average molecular weight is 736 g/mol. The zero-order valence-electron chi connectivity index (χ0n) is 29.2. The van der Waals surface area contributed by atoms with Gasteiger partial charge >= 0.3 is 0 Å². The molecule has 12 nitrogen and oxygen atoms in total. The second-order valence-corrected chi connectivity index (χ2v) is 14.3. The van der Waals surface area contributed by atoms with Crippen LogP contribution in [0.1, 0.15) is 58.8 Å². The fraction of sp³-hybridized carbons (Fsp3) is 0.333. The van der Waals surface area contributed by atoms with E-state index in [-0.39, 0.29) is 36.9 Å². The number of nitrogens with one attached hydrogen (secondary N) is 1. The number of imide groups is 1. The first-order valence-corrected chi connectivity index (χ1v) is 18.2. The summed E-state index contributed by atoms with van der Waals surface area (Å²) >= 11 is 0. The number of fused-ring (bicyclic) bond motifs is 2. The summed E-state index contributed by atoms with van der Waals surface area (Å²) < 4.78 is 45.5. The summed E-state index contributed by atoms with van der Waals surface area (Å²) in [4.78, 5) is 54.9. The second-order valence-electron chi connectivity index (χ2n) is 14.3. The molecule has 1 N–H and O–H groups in total. The maximum absolute atomic E-state index is 15.4. The molecule has 5 aromatic rings. The minimum absolute atomic E-state index is 0.158. The van der Waals surface area contributed by atoms with Crippen molar-refractivity contribution in [2.75, 3.05) is 42.5 Å². The number of nitrogens with zero attached hydrogens (tertiary/aromatic N) is 8. The summed E-state index contributed by atoms with van der Waals surface area (Å²) in [6, 6.07) is 13.4. The molecule has 4 aliphatic heterocycles. The van der Waals surface area contributed by atoms with Crippen LogP contribution in [0.4, 0.5) is 24.8 Å². The van der Waals surface area contributed by atoms with E-state index in [1.165, 1.54) is 23.1 Å². The molecule has 4 aliphatic rings. The number of anilines is 2. The number of halogens is 3. The van der Waals surface area contributed by atoms with Crippen molar-refractivity contribution in [1.82, 2.24) is 34.7 Å². The van der Waals surface area contributed by atoms with Crippen molar-refractivity contribution in [3.05, 3.63) is 107 Å². The number of hydrogen-bond donors (Lipinski definition) is 1. The maximum Gasteiger partial charge on any atom is 0.255 e. The van der Waals surface area contributed by atoms with Gasteiger partial charge in [-0.3, -0.25) is 24.6 Å². The third-order valence-electron chi connectivity index (χ3n) is 11.0. The van der Waals surface area contributed by atoms with Gasteiger partial charge in [-0.1, -0.05) is 12.1 Å². The molecule has 54 heavy (non-hydrogen) atoms. The van der Waals surface area contributed by atoms with Gasteiger partial charge in [0.25, 0.3) is 5.91 Å². The average Bonchev–Trinajstić information content (AvgIpc) is 3.90. The molecule has 3 fully saturated rings. The molecule has 3 amide bonds. The molecular formula is C39H36F3N9O3. The minimum atomic E-state index is -0.750. The molecule has 2 unspecified atom stereocenters. The van der Waals surface area contributed by atoms with Gasteiger partial charge in [0.15, 0.2) is 5.65 Å². The van der Waals surface area contributed by atoms with Crippen molar-refractivity contribution in [3.63, 3.8) is 0 Å². The quantitative estimate of drug-likeness (QED) is 0.239. The maximum atomic E-state index is 15.4. The number of rotatable bonds is 7. The molecule has 0 bridgehead atoms. The molecule has 276 valence electrons. The van der Waals surface area contributed by atoms with Crippen molar-refractivity contribution in [2.24, 2.45) is 0 Å². The molecule has 3 saturated heterocycles. The zero-order valence-corrected chi connectivity index (χ0v) is 29.2. The Bertz CT molecular complexity index is 2330. The Labute approximate surface area is 308 Å². The van der Waals surface area contributed by atoms with Crippen molar-refractivity contribution >= 4 is 35.0 Å². The summed E-state index contributed by atoms with van der Waals surface area (Å²) in [5.74, 6) is -1.39. The number of piperidine rings is 1. The number of carbonyl (C=O) groups excluding carboxylic acids is 3. The Morgan fingerprint density at radius 3 is 2.46 bits per heavy atom. The minimum Gasteiger partial charge on any atom is -0.354 e. The lowest BCUT2D eigenvalue weighted by molar-refractivity contribution is -0.136. The van der Waals surface area contributed by atoms with Gasteiger partial charge in [0.1, 0.15) is 35.1 Å². The SMILES string of the molecule is O=C1CCC(N2Cc3cc(CN4CCN(c5cccc(-c6cnn7ccc(N8CCCC8c8ccc(F)cc8F)nc67)n5)CC4)c(F)cc3C2=O)C(=O)N1. The molecule has 7 heterocycles. The number of carbonyl (C=O) groups is 3. The third kappa shape index (κ3) is 6.11. The van der Waals surface area contributed by atoms with Crippen LogP contribution in [-0.4, -0.2) is 85.9 Å². The van der Waals surface area contributed by atoms with E-state index in [1.54, 1.807) is 16.8 Å². The predicted octanol–water partition coefficient (Wildman–Crippen LogP) is 4.63. The lowest BCUT2D eigenvalue weighted by Crippen LogP contribution is -2.52. The van der Waals surface area contributed by atoms with Crippen LogP contribution in [0.25, 0.3) is 16.9 Å². The molecular weight excluding hydrogens is 699 g/mol. The van der Waals surface area contributed by atoms with Crippen molar-refractivity contribution < 1.29 is 27.6 Å². The normalized spacial score (nSPS) is 20.6. The predicted molar refractivity (Wildman–Crippen MR) is 192 cm³/mol. The summed E-state index contributed by atoms with van der Waals surface area (Å²) in [6.45, 7) is 3.91. The first kappa shape index (κ1) is 34.0. The van der Waals surface area contributed by atoms with Gasteiger partial charge in [0.2, 0.25) is 11.8 Å². The summed E-state index contributed by atoms with van der Waals surface area (Å²) in [5.41, 5.74) is 3.95. The van der Waals surface area contributed by atoms with E-state index in [1.807, 2.05) is 30.5 Å². The highest BCUT2D eigenvalue weighted by Crippen LogP contribution is 2.37. The van der Waals surface area contributed by atoms with Crippen LogP contribution in [0.15, 0.2) is 67.0 Å². The van der Waals surface area contributed by atoms with E-state index >= 15 is 4.39 Å². The molecule has 3 aromatic heterocycles. The van der Waals surface area contributed by atoms with E-state index in [4.69, 9.17) is 9.97 Å². The smallest absolute Gasteiger partial charge is 0.255 e. The van der Waals surface area contributed by atoms with Crippen LogP contribution < -0.4 is 15.1 Å². The van der Waals surface area contributed by atoms with Crippen molar-refractivity contribution in [2.45, 2.75) is 50.9 Å². The Morgan fingerprint density at radius 1 is 0.796 bits per heavy atom. The number of aromatic nitrogens is 4. The monoisotopic (exact) mass is 735 g/mol. The van der Waals surface area contributed by atoms with Crippen LogP contribution in [0.3, 0.4) is 0 Å². The standard InChI is InChI=1S/C39H36F3N9O3/c40-25-6-7-26(30(42)18-25)32-4-2-11-49(32)35-10-12-51-37(45-35)28(20-43-51)31-3-1-5-34(44-31)48-15-13-47(14-16-48)21-24-17-23-22-50(39(54)27(23)19-29(24)41)33-8-9-36(52)46-38(33)53/h1,3,5-7,10,12,17-20,32-33H,2,4,8-9,11,13-16,21-22H2,(H,46,52,53). The van der Waals surface area contributed by atoms with Gasteiger partial charge in [0, 0.05) is 81.2 Å². The lowest BCUT2D eigenvalue weighted by Gasteiger charge is -2.35. The highest BCUT2D eigenvalue weighted by Gasteiger charge is 2.40. The molecule has 2 aromatic carbocycles. The summed E-state index contributed by atoms with van der Waals surface area (Å²) in [6.07, 6.45) is 5.56. The van der Waals surface area contributed by atoms with Crippen LogP contribution in [0.2, 0.25) is 0 Å². The highest BCUT2D eigenvalue weighted by molar-refractivity contribution is 6.05. The van der Waals surface area contributed by atoms with E-state index in [0.29, 0.717) is 73.1 Å². The number of benzene rings is 2. The molecule has 2 atom stereocenters. The van der Waals surface area contributed by atoms with Gasteiger partial charge in [-0.25, -0.2) is 27.7 Å². The lowest BCUT2D eigenvalue weighted by atomic mass is 10.0. The first-order valence-electron chi connectivity index (χ1n) is 18.2. The van der Waals surface area contributed by atoms with E-state index in [2.05, 4.69) is 25.1 Å². The first-order chi connectivity index (χ1) is 26.2. The Kier molecular flexibility index (Phi) is 8.52. The summed E-state index contributed by atoms with van der Waals surface area (Å²) in [5, 5.41) is 6.81. The van der Waals surface area contributed by atoms with E-state index in [9.17, 15) is 23.2 Å². The number of amides is 3. The highest BCUT2D eigenvalue weighted by atomic mass is 19.1. The Hall–Kier alpha value is -5.83. The molecule has 9 rings (SSSR count). The van der Waals surface area contributed by atoms with Crippen molar-refractivity contribution in [1.29, 1.82) is 0 Å². The van der Waals surface area contributed by atoms with Gasteiger partial charge in [-0.2, -0.15) is 5.10 Å². The number of piperazine rings is 1. The molecule has 0 spiro atoms. The van der Waals surface area contributed by atoms with E-state index < -0.39 is 35.3 Å². The van der Waals surface area contributed by atoms with Gasteiger partial charge in [-0.05, 0) is 61.2 Å². The molecule has 0 radical (unpaired) electrons. The van der Waals surface area contributed by atoms with Crippen LogP contribution in [0.5, 0.6) is 0 Å². The Morgan fingerprint density at radius 2 is 1.65 bits per heavy atom. The second kappa shape index (κ2) is 13.5. The van der Waals surface area contributed by atoms with Gasteiger partial charge < -0.3 is 14.7 Å². The molecule has 15 heteroatoms. The topological polar surface area (TPSA) is 119 Å². The van der Waals surface area contributed by atoms with Gasteiger partial charge in [-0.15, -0.1) is 0 Å². The Balaban J connectivity index is 0.877. The van der Waals surface area contributed by atoms with Crippen LogP contribution in [0, 0.1) is 17.5 Å². The zero-order chi connectivity index (χ0) is 37.1. The van der Waals surface area contributed by atoms with Gasteiger partial charge in [0.05, 0.1) is 23.5 Å². The fourth-order valence-corrected chi connectivity index (χ4v) is 8.22. The van der Waals surface area contributed by atoms with Crippen LogP contribution in [-0.2, 0) is 22.7 Å². The molecule has 0 saturated carbocycles. The van der Waals surface area contributed by atoms with E-state index in [0.717, 1.165) is 30.3 Å². The fourth-order valence-electron chi connectivity index (χ4n) is 8.22. The summed E-state index contributed by atoms with van der Waals surface area (Å²) in [7, 11) is 0. The van der Waals surface area contributed by atoms with Crippen LogP contribution >= 0.6 is 0 Å². The number of pyridine rings is 1. The third-order valence-corrected chi connectivity index (χ3v) is 11.0. The largest absolute Gasteiger partial charge is 0.354 e. The number of hydrogen-bond acceptors (Lipinski definition) is 9. The van der Waals surface area contributed by atoms with Crippen molar-refractivity contribution in [3.8, 4) is 11.3 Å².